The van der Waals surface area contributed by atoms with Gasteiger partial charge in [-0.3, -0.25) is 9.59 Å². The Bertz CT molecular complexity index is 499. The highest BCUT2D eigenvalue weighted by Gasteiger charge is 2.32. The van der Waals surface area contributed by atoms with Crippen LogP contribution in [-0.2, 0) is 16.1 Å². The number of carbonyl (C=O) groups excluding carboxylic acids is 1. The number of amides is 1. The van der Waals surface area contributed by atoms with Crippen molar-refractivity contribution in [3.05, 3.63) is 29.8 Å². The SMILES string of the molecule is COc1ccc(CN(C(=O)CSCC(=O)O)C2CC2)cc1. The molecule has 0 saturated heterocycles. The Kier molecular flexibility index (Phi) is 5.50. The van der Waals surface area contributed by atoms with Crippen LogP contribution in [0.4, 0.5) is 0 Å². The second-order valence-electron chi connectivity index (χ2n) is 4.99. The summed E-state index contributed by atoms with van der Waals surface area (Å²) in [6.07, 6.45) is 2.07. The van der Waals surface area contributed by atoms with Gasteiger partial charge < -0.3 is 14.7 Å². The molecule has 1 amide bonds. The van der Waals surface area contributed by atoms with Crippen LogP contribution in [0.3, 0.4) is 0 Å². The summed E-state index contributed by atoms with van der Waals surface area (Å²) in [5.74, 6) is 0.103. The standard InChI is InChI=1S/C15H19NO4S/c1-20-13-6-2-11(3-7-13)8-16(12-4-5-12)14(17)9-21-10-15(18)19/h2-3,6-7,12H,4-5,8-10H2,1H3,(H,18,19). The van der Waals surface area contributed by atoms with Gasteiger partial charge in [0.1, 0.15) is 5.75 Å². The number of hydrogen-bond donors (Lipinski definition) is 1. The van der Waals surface area contributed by atoms with E-state index in [-0.39, 0.29) is 17.4 Å². The lowest BCUT2D eigenvalue weighted by molar-refractivity contribution is -0.133. The number of aliphatic carboxylic acids is 1. The topological polar surface area (TPSA) is 66.8 Å². The van der Waals surface area contributed by atoms with Crippen LogP contribution in [0.1, 0.15) is 18.4 Å². The van der Waals surface area contributed by atoms with Crippen molar-refractivity contribution in [2.45, 2.75) is 25.4 Å². The quantitative estimate of drug-likeness (QED) is 0.795. The minimum absolute atomic E-state index is 0.0135. The van der Waals surface area contributed by atoms with Crippen LogP contribution in [0.2, 0.25) is 0 Å². The smallest absolute Gasteiger partial charge is 0.313 e. The van der Waals surface area contributed by atoms with Gasteiger partial charge in [0.05, 0.1) is 18.6 Å². The van der Waals surface area contributed by atoms with Gasteiger partial charge in [-0.2, -0.15) is 0 Å². The number of nitrogens with zero attached hydrogens (tertiary/aromatic N) is 1. The second kappa shape index (κ2) is 7.36. The van der Waals surface area contributed by atoms with Gasteiger partial charge in [-0.1, -0.05) is 12.1 Å². The van der Waals surface area contributed by atoms with Crippen molar-refractivity contribution in [2.75, 3.05) is 18.6 Å². The highest BCUT2D eigenvalue weighted by atomic mass is 32.2. The molecule has 1 aromatic rings. The first-order valence-corrected chi connectivity index (χ1v) is 7.97. The summed E-state index contributed by atoms with van der Waals surface area (Å²) in [5, 5.41) is 8.61. The van der Waals surface area contributed by atoms with E-state index in [2.05, 4.69) is 0 Å². The number of carboxylic acids is 1. The summed E-state index contributed by atoms with van der Waals surface area (Å²) in [6.45, 7) is 0.571. The second-order valence-corrected chi connectivity index (χ2v) is 5.97. The molecule has 1 fully saturated rings. The number of methoxy groups -OCH3 is 1. The number of thioether (sulfide) groups is 1. The summed E-state index contributed by atoms with van der Waals surface area (Å²) >= 11 is 1.15. The van der Waals surface area contributed by atoms with Crippen LogP contribution in [0.15, 0.2) is 24.3 Å². The minimum Gasteiger partial charge on any atom is -0.497 e. The Hall–Kier alpha value is -1.69. The van der Waals surface area contributed by atoms with E-state index in [0.717, 1.165) is 35.9 Å². The van der Waals surface area contributed by atoms with Crippen molar-refractivity contribution in [3.63, 3.8) is 0 Å². The molecule has 0 radical (unpaired) electrons. The first-order valence-electron chi connectivity index (χ1n) is 6.82. The molecule has 1 N–H and O–H groups in total. The fraction of sp³-hybridized carbons (Fsp3) is 0.467. The molecule has 5 nitrogen and oxygen atoms in total. The van der Waals surface area contributed by atoms with Crippen molar-refractivity contribution in [3.8, 4) is 5.75 Å². The molecule has 1 saturated carbocycles. The molecule has 1 aliphatic rings. The number of ether oxygens (including phenoxy) is 1. The van der Waals surface area contributed by atoms with E-state index in [0.29, 0.717) is 12.6 Å². The Balaban J connectivity index is 1.91. The third-order valence-electron chi connectivity index (χ3n) is 3.27. The first kappa shape index (κ1) is 15.7. The summed E-state index contributed by atoms with van der Waals surface area (Å²) in [5.41, 5.74) is 1.05. The maximum Gasteiger partial charge on any atom is 0.313 e. The average Bonchev–Trinajstić information content (AvgIpc) is 3.29. The highest BCUT2D eigenvalue weighted by molar-refractivity contribution is 8.00. The molecule has 1 aromatic carbocycles. The van der Waals surface area contributed by atoms with Crippen molar-refractivity contribution in [1.82, 2.24) is 4.90 Å². The van der Waals surface area contributed by atoms with E-state index in [4.69, 9.17) is 9.84 Å². The molecule has 2 rings (SSSR count). The predicted molar refractivity (Wildman–Crippen MR) is 81.5 cm³/mol. The maximum atomic E-state index is 12.2. The number of hydrogen-bond acceptors (Lipinski definition) is 4. The zero-order valence-electron chi connectivity index (χ0n) is 11.9. The van der Waals surface area contributed by atoms with Crippen LogP contribution in [0.5, 0.6) is 5.75 Å². The molecular formula is C15H19NO4S. The maximum absolute atomic E-state index is 12.2. The van der Waals surface area contributed by atoms with Crippen molar-refractivity contribution < 1.29 is 19.4 Å². The minimum atomic E-state index is -0.888. The van der Waals surface area contributed by atoms with E-state index in [1.54, 1.807) is 7.11 Å². The van der Waals surface area contributed by atoms with Gasteiger partial charge in [-0.15, -0.1) is 11.8 Å². The zero-order chi connectivity index (χ0) is 15.2. The third kappa shape index (κ3) is 4.97. The molecule has 0 atom stereocenters. The third-order valence-corrected chi connectivity index (χ3v) is 4.17. The number of carbonyl (C=O) groups is 2. The van der Waals surface area contributed by atoms with Gasteiger partial charge in [-0.05, 0) is 30.5 Å². The van der Waals surface area contributed by atoms with E-state index < -0.39 is 5.97 Å². The molecule has 6 heteroatoms. The largest absolute Gasteiger partial charge is 0.497 e. The summed E-state index contributed by atoms with van der Waals surface area (Å²) in [4.78, 5) is 24.6. The van der Waals surface area contributed by atoms with Gasteiger partial charge in [0.15, 0.2) is 0 Å². The van der Waals surface area contributed by atoms with Crippen molar-refractivity contribution in [1.29, 1.82) is 0 Å². The lowest BCUT2D eigenvalue weighted by atomic mass is 10.2. The molecule has 0 unspecified atom stereocenters. The van der Waals surface area contributed by atoms with Gasteiger partial charge >= 0.3 is 5.97 Å². The summed E-state index contributed by atoms with van der Waals surface area (Å²) in [7, 11) is 1.62. The predicted octanol–water partition coefficient (Wildman–Crippen LogP) is 2.00. The Morgan fingerprint density at radius 3 is 2.48 bits per heavy atom. The molecule has 21 heavy (non-hydrogen) atoms. The molecule has 0 spiro atoms. The Labute approximate surface area is 128 Å². The van der Waals surface area contributed by atoms with Crippen molar-refractivity contribution in [2.24, 2.45) is 0 Å². The fourth-order valence-electron chi connectivity index (χ4n) is 2.04. The molecule has 1 aliphatic carbocycles. The van der Waals surface area contributed by atoms with Gasteiger partial charge in [-0.25, -0.2) is 0 Å². The first-order chi connectivity index (χ1) is 10.1. The summed E-state index contributed by atoms with van der Waals surface area (Å²) in [6, 6.07) is 7.97. The fourth-order valence-corrected chi connectivity index (χ4v) is 2.66. The van der Waals surface area contributed by atoms with E-state index in [9.17, 15) is 9.59 Å². The number of benzene rings is 1. The zero-order valence-corrected chi connectivity index (χ0v) is 12.8. The number of carboxylic acid groups (broad SMARTS) is 1. The number of rotatable bonds is 8. The lowest BCUT2D eigenvalue weighted by Crippen LogP contribution is -2.34. The van der Waals surface area contributed by atoms with E-state index >= 15 is 0 Å². The van der Waals surface area contributed by atoms with Crippen LogP contribution < -0.4 is 4.74 Å². The van der Waals surface area contributed by atoms with Crippen LogP contribution in [-0.4, -0.2) is 46.5 Å². The monoisotopic (exact) mass is 309 g/mol. The average molecular weight is 309 g/mol. The highest BCUT2D eigenvalue weighted by Crippen LogP contribution is 2.29. The van der Waals surface area contributed by atoms with Crippen LogP contribution in [0.25, 0.3) is 0 Å². The van der Waals surface area contributed by atoms with Gasteiger partial charge in [0.25, 0.3) is 0 Å². The molecule has 114 valence electrons. The Morgan fingerprint density at radius 1 is 1.29 bits per heavy atom. The van der Waals surface area contributed by atoms with Gasteiger partial charge in [0.2, 0.25) is 5.91 Å². The molecular weight excluding hydrogens is 290 g/mol. The molecule has 0 heterocycles. The molecule has 0 bridgehead atoms. The molecule has 0 aromatic heterocycles. The lowest BCUT2D eigenvalue weighted by Gasteiger charge is -2.22. The summed E-state index contributed by atoms with van der Waals surface area (Å²) < 4.78 is 5.12. The molecule has 0 aliphatic heterocycles. The van der Waals surface area contributed by atoms with Crippen LogP contribution in [0, 0.1) is 0 Å². The van der Waals surface area contributed by atoms with Crippen molar-refractivity contribution >= 4 is 23.6 Å². The van der Waals surface area contributed by atoms with E-state index in [1.807, 2.05) is 29.2 Å². The van der Waals surface area contributed by atoms with E-state index in [1.165, 1.54) is 0 Å². The Morgan fingerprint density at radius 2 is 1.95 bits per heavy atom. The van der Waals surface area contributed by atoms with Gasteiger partial charge in [0, 0.05) is 12.6 Å². The van der Waals surface area contributed by atoms with Crippen LogP contribution >= 0.6 is 11.8 Å². The normalized spacial score (nSPS) is 13.8.